The molecule has 0 aromatic rings. The van der Waals surface area contributed by atoms with Crippen LogP contribution >= 0.6 is 0 Å². The molecule has 2 aliphatic rings. The molecule has 20 heavy (non-hydrogen) atoms. The van der Waals surface area contributed by atoms with E-state index in [1.807, 2.05) is 13.0 Å². The SMILES string of the molecule is CC#CC[C@H](C)[C@H](O)/C=C/[C@@H]1[C@H]2CC(=O)O[C@H]2C[C@H]1O. The van der Waals surface area contributed by atoms with E-state index in [0.29, 0.717) is 19.3 Å². The molecule has 1 aliphatic heterocycles. The number of rotatable bonds is 4. The molecule has 2 N–H and O–H groups in total. The normalized spacial score (nSPS) is 35.3. The van der Waals surface area contributed by atoms with Crippen LogP contribution in [0, 0.1) is 29.6 Å². The number of carbonyl (C=O) groups is 1. The van der Waals surface area contributed by atoms with Crippen molar-refractivity contribution >= 4 is 5.97 Å². The maximum Gasteiger partial charge on any atom is 0.306 e. The summed E-state index contributed by atoms with van der Waals surface area (Å²) in [5.41, 5.74) is 0. The standard InChI is InChI=1S/C16H22O4/c1-3-4-5-10(2)13(17)7-6-11-12-8-16(19)20-15(12)9-14(11)18/h6-7,10-15,17-18H,5,8-9H2,1-2H3/b7-6+/t10-,11+,12+,13+,14+,15-/m0/s1. The summed E-state index contributed by atoms with van der Waals surface area (Å²) >= 11 is 0. The Labute approximate surface area is 119 Å². The molecule has 0 amide bonds. The molecule has 110 valence electrons. The van der Waals surface area contributed by atoms with Gasteiger partial charge in [0.05, 0.1) is 18.6 Å². The fourth-order valence-electron chi connectivity index (χ4n) is 3.00. The van der Waals surface area contributed by atoms with Crippen LogP contribution in [0.5, 0.6) is 0 Å². The predicted molar refractivity (Wildman–Crippen MR) is 74.5 cm³/mol. The highest BCUT2D eigenvalue weighted by atomic mass is 16.6. The zero-order valence-electron chi connectivity index (χ0n) is 12.0. The molecule has 0 spiro atoms. The molecule has 0 radical (unpaired) electrons. The number of aliphatic hydroxyl groups is 2. The summed E-state index contributed by atoms with van der Waals surface area (Å²) in [5, 5.41) is 20.1. The van der Waals surface area contributed by atoms with Gasteiger partial charge in [-0.05, 0) is 12.8 Å². The van der Waals surface area contributed by atoms with Gasteiger partial charge in [-0.3, -0.25) is 4.79 Å². The van der Waals surface area contributed by atoms with Crippen LogP contribution in [-0.4, -0.2) is 34.5 Å². The van der Waals surface area contributed by atoms with E-state index >= 15 is 0 Å². The first kappa shape index (κ1) is 15.1. The van der Waals surface area contributed by atoms with E-state index in [4.69, 9.17) is 4.74 Å². The predicted octanol–water partition coefficient (Wildman–Crippen LogP) is 1.27. The van der Waals surface area contributed by atoms with Crippen LogP contribution in [0.15, 0.2) is 12.2 Å². The van der Waals surface area contributed by atoms with Crippen molar-refractivity contribution in [2.24, 2.45) is 17.8 Å². The van der Waals surface area contributed by atoms with Gasteiger partial charge in [-0.1, -0.05) is 19.1 Å². The van der Waals surface area contributed by atoms with Crippen LogP contribution in [0.1, 0.15) is 33.1 Å². The Hall–Kier alpha value is -1.31. The van der Waals surface area contributed by atoms with Gasteiger partial charge in [0.15, 0.2) is 0 Å². The van der Waals surface area contributed by atoms with Crippen molar-refractivity contribution in [3.05, 3.63) is 12.2 Å². The fourth-order valence-corrected chi connectivity index (χ4v) is 3.00. The van der Waals surface area contributed by atoms with E-state index in [-0.39, 0.29) is 29.8 Å². The Morgan fingerprint density at radius 2 is 2.30 bits per heavy atom. The lowest BCUT2D eigenvalue weighted by Crippen LogP contribution is -2.20. The van der Waals surface area contributed by atoms with Gasteiger partial charge >= 0.3 is 5.97 Å². The van der Waals surface area contributed by atoms with Crippen molar-refractivity contribution in [3.63, 3.8) is 0 Å². The van der Waals surface area contributed by atoms with Crippen LogP contribution in [0.2, 0.25) is 0 Å². The molecule has 2 fully saturated rings. The molecule has 4 heteroatoms. The molecule has 1 saturated heterocycles. The average molecular weight is 278 g/mol. The Morgan fingerprint density at radius 3 is 3.00 bits per heavy atom. The number of ether oxygens (including phenoxy) is 1. The number of hydrogen-bond acceptors (Lipinski definition) is 4. The number of carbonyl (C=O) groups excluding carboxylic acids is 1. The summed E-state index contributed by atoms with van der Waals surface area (Å²) in [6.45, 7) is 3.72. The van der Waals surface area contributed by atoms with Gasteiger partial charge in [-0.25, -0.2) is 0 Å². The van der Waals surface area contributed by atoms with Crippen LogP contribution < -0.4 is 0 Å². The first-order chi connectivity index (χ1) is 9.52. The summed E-state index contributed by atoms with van der Waals surface area (Å²) < 4.78 is 5.18. The first-order valence-electron chi connectivity index (χ1n) is 7.16. The summed E-state index contributed by atoms with van der Waals surface area (Å²) in [6, 6.07) is 0. The maximum atomic E-state index is 11.3. The minimum absolute atomic E-state index is 0.0479. The van der Waals surface area contributed by atoms with Gasteiger partial charge in [0.1, 0.15) is 6.10 Å². The highest BCUT2D eigenvalue weighted by Gasteiger charge is 2.48. The minimum atomic E-state index is -0.583. The molecule has 4 nitrogen and oxygen atoms in total. The van der Waals surface area contributed by atoms with E-state index in [1.54, 1.807) is 13.0 Å². The summed E-state index contributed by atoms with van der Waals surface area (Å²) in [4.78, 5) is 11.3. The van der Waals surface area contributed by atoms with Gasteiger partial charge in [0, 0.05) is 24.7 Å². The lowest BCUT2D eigenvalue weighted by atomic mass is 9.90. The van der Waals surface area contributed by atoms with Crippen molar-refractivity contribution < 1.29 is 19.7 Å². The number of hydrogen-bond donors (Lipinski definition) is 2. The molecule has 0 aromatic heterocycles. The topological polar surface area (TPSA) is 66.8 Å². The number of esters is 1. The lowest BCUT2D eigenvalue weighted by molar-refractivity contribution is -0.141. The van der Waals surface area contributed by atoms with Crippen LogP contribution in [0.25, 0.3) is 0 Å². The van der Waals surface area contributed by atoms with Crippen molar-refractivity contribution in [1.29, 1.82) is 0 Å². The highest BCUT2D eigenvalue weighted by Crippen LogP contribution is 2.42. The first-order valence-corrected chi connectivity index (χ1v) is 7.16. The van der Waals surface area contributed by atoms with Crippen LogP contribution in [0.4, 0.5) is 0 Å². The third-order valence-electron chi connectivity index (χ3n) is 4.29. The van der Waals surface area contributed by atoms with Gasteiger partial charge in [0.25, 0.3) is 0 Å². The van der Waals surface area contributed by atoms with Crippen molar-refractivity contribution in [2.75, 3.05) is 0 Å². The van der Waals surface area contributed by atoms with E-state index in [0.717, 1.165) is 0 Å². The highest BCUT2D eigenvalue weighted by molar-refractivity contribution is 5.72. The molecule has 0 aromatic carbocycles. The van der Waals surface area contributed by atoms with Crippen molar-refractivity contribution in [3.8, 4) is 11.8 Å². The van der Waals surface area contributed by atoms with E-state index in [1.165, 1.54) is 0 Å². The minimum Gasteiger partial charge on any atom is -0.462 e. The van der Waals surface area contributed by atoms with Crippen molar-refractivity contribution in [1.82, 2.24) is 0 Å². The smallest absolute Gasteiger partial charge is 0.306 e. The van der Waals surface area contributed by atoms with Gasteiger partial charge in [-0.15, -0.1) is 11.8 Å². The molecule has 6 atom stereocenters. The Kier molecular flexibility index (Phi) is 4.85. The Morgan fingerprint density at radius 1 is 1.55 bits per heavy atom. The number of fused-ring (bicyclic) bond motifs is 1. The summed E-state index contributed by atoms with van der Waals surface area (Å²) in [6.07, 6.45) is 3.84. The molecule has 0 bridgehead atoms. The van der Waals surface area contributed by atoms with Crippen LogP contribution in [-0.2, 0) is 9.53 Å². The van der Waals surface area contributed by atoms with E-state index in [2.05, 4.69) is 11.8 Å². The molecule has 1 aliphatic carbocycles. The largest absolute Gasteiger partial charge is 0.462 e. The zero-order valence-corrected chi connectivity index (χ0v) is 12.0. The zero-order chi connectivity index (χ0) is 14.7. The second kappa shape index (κ2) is 6.43. The quantitative estimate of drug-likeness (QED) is 0.461. The van der Waals surface area contributed by atoms with E-state index in [9.17, 15) is 15.0 Å². The molecule has 1 saturated carbocycles. The van der Waals surface area contributed by atoms with Crippen molar-refractivity contribution in [2.45, 2.75) is 51.4 Å². The average Bonchev–Trinajstić information content (AvgIpc) is 2.88. The summed E-state index contributed by atoms with van der Waals surface area (Å²) in [7, 11) is 0. The number of aliphatic hydroxyl groups excluding tert-OH is 2. The second-order valence-electron chi connectivity index (χ2n) is 5.76. The van der Waals surface area contributed by atoms with Gasteiger partial charge in [-0.2, -0.15) is 0 Å². The maximum absolute atomic E-state index is 11.3. The van der Waals surface area contributed by atoms with Gasteiger partial charge in [0.2, 0.25) is 0 Å². The van der Waals surface area contributed by atoms with E-state index < -0.39 is 12.2 Å². The molecule has 2 rings (SSSR count). The molecule has 1 heterocycles. The van der Waals surface area contributed by atoms with Crippen LogP contribution in [0.3, 0.4) is 0 Å². The van der Waals surface area contributed by atoms with Gasteiger partial charge < -0.3 is 14.9 Å². The lowest BCUT2D eigenvalue weighted by Gasteiger charge is -2.17. The molecular weight excluding hydrogens is 256 g/mol. The fraction of sp³-hybridized carbons (Fsp3) is 0.688. The Bertz CT molecular complexity index is 445. The third-order valence-corrected chi connectivity index (χ3v) is 4.29. The molecule has 0 unspecified atom stereocenters. The monoisotopic (exact) mass is 278 g/mol. The third kappa shape index (κ3) is 3.23. The summed E-state index contributed by atoms with van der Waals surface area (Å²) in [5.74, 6) is 5.57. The second-order valence-corrected chi connectivity index (χ2v) is 5.76. The Balaban J connectivity index is 1.95. The molecular formula is C16H22O4.